The van der Waals surface area contributed by atoms with E-state index in [0.717, 1.165) is 12.3 Å². The van der Waals surface area contributed by atoms with E-state index in [1.165, 1.54) is 0 Å². The molecule has 1 N–H and O–H groups in total. The number of carboxylic acid groups (broad SMARTS) is 1. The molecule has 1 heterocycles. The van der Waals surface area contributed by atoms with Crippen LogP contribution >= 0.6 is 11.6 Å². The molecule has 1 aromatic heterocycles. The van der Waals surface area contributed by atoms with Crippen molar-refractivity contribution in [3.05, 3.63) is 28.8 Å². The minimum atomic E-state index is -1.05. The first-order chi connectivity index (χ1) is 5.59. The average Bonchev–Trinajstić information content (AvgIpc) is 1.96. The Balaban J connectivity index is 2.89. The Morgan fingerprint density at radius 1 is 1.75 bits per heavy atom. The molecule has 0 atom stereocenters. The lowest BCUT2D eigenvalue weighted by molar-refractivity contribution is -0.136. The van der Waals surface area contributed by atoms with Gasteiger partial charge in [0.25, 0.3) is 0 Å². The van der Waals surface area contributed by atoms with Crippen molar-refractivity contribution in [1.29, 1.82) is 0 Å². The summed E-state index contributed by atoms with van der Waals surface area (Å²) in [4.78, 5) is 13.8. The van der Waals surface area contributed by atoms with Crippen molar-refractivity contribution in [2.24, 2.45) is 0 Å². The van der Waals surface area contributed by atoms with E-state index in [0.29, 0.717) is 0 Å². The summed E-state index contributed by atoms with van der Waals surface area (Å²) in [5.41, 5.74) is 0.157. The van der Waals surface area contributed by atoms with Crippen LogP contribution in [0, 0.1) is 5.82 Å². The first kappa shape index (κ1) is 8.93. The van der Waals surface area contributed by atoms with E-state index in [9.17, 15) is 9.18 Å². The summed E-state index contributed by atoms with van der Waals surface area (Å²) in [6.07, 6.45) is 0.795. The second-order valence-electron chi connectivity index (χ2n) is 2.16. The zero-order valence-electron chi connectivity index (χ0n) is 5.92. The highest BCUT2D eigenvalue weighted by molar-refractivity contribution is 6.30. The van der Waals surface area contributed by atoms with Gasteiger partial charge in [0.1, 0.15) is 5.82 Å². The molecule has 0 bridgehead atoms. The van der Waals surface area contributed by atoms with Crippen LogP contribution in [0.5, 0.6) is 0 Å². The monoisotopic (exact) mass is 189 g/mol. The Hall–Kier alpha value is -1.16. The number of halogens is 2. The smallest absolute Gasteiger partial charge is 0.309 e. The maximum absolute atomic E-state index is 12.7. The van der Waals surface area contributed by atoms with Crippen molar-refractivity contribution in [3.63, 3.8) is 0 Å². The van der Waals surface area contributed by atoms with Crippen molar-refractivity contribution in [2.45, 2.75) is 6.42 Å². The molecule has 0 amide bonds. The van der Waals surface area contributed by atoms with Gasteiger partial charge in [0.05, 0.1) is 17.1 Å². The molecule has 12 heavy (non-hydrogen) atoms. The van der Waals surface area contributed by atoms with Gasteiger partial charge >= 0.3 is 5.97 Å². The summed E-state index contributed by atoms with van der Waals surface area (Å²) < 4.78 is 12.7. The number of hydrogen-bond acceptors (Lipinski definition) is 2. The highest BCUT2D eigenvalue weighted by atomic mass is 35.5. The van der Waals surface area contributed by atoms with Crippen molar-refractivity contribution >= 4 is 17.6 Å². The Morgan fingerprint density at radius 2 is 2.42 bits per heavy atom. The molecule has 0 saturated heterocycles. The molecule has 0 aromatic carbocycles. The Morgan fingerprint density at radius 3 is 2.92 bits per heavy atom. The number of hydrogen-bond donors (Lipinski definition) is 1. The maximum atomic E-state index is 12.7. The summed E-state index contributed by atoms with van der Waals surface area (Å²) in [6, 6.07) is 1.01. The van der Waals surface area contributed by atoms with Crippen LogP contribution in [-0.4, -0.2) is 16.1 Å². The van der Waals surface area contributed by atoms with Crippen molar-refractivity contribution in [2.75, 3.05) is 0 Å². The Bertz CT molecular complexity index is 316. The van der Waals surface area contributed by atoms with Crippen LogP contribution in [0.1, 0.15) is 5.69 Å². The lowest BCUT2D eigenvalue weighted by Crippen LogP contribution is -2.02. The topological polar surface area (TPSA) is 50.2 Å². The molecule has 0 saturated carbocycles. The number of nitrogens with zero attached hydrogens (tertiary/aromatic N) is 1. The average molecular weight is 190 g/mol. The third-order valence-corrected chi connectivity index (χ3v) is 1.48. The summed E-state index contributed by atoms with van der Waals surface area (Å²) in [6.45, 7) is 0. The van der Waals surface area contributed by atoms with Crippen LogP contribution in [0.4, 0.5) is 4.39 Å². The van der Waals surface area contributed by atoms with Gasteiger partial charge < -0.3 is 5.11 Å². The number of aliphatic carboxylic acids is 1. The van der Waals surface area contributed by atoms with Crippen LogP contribution in [0.2, 0.25) is 5.02 Å². The van der Waals surface area contributed by atoms with Crippen LogP contribution in [0.3, 0.4) is 0 Å². The number of rotatable bonds is 2. The fourth-order valence-electron chi connectivity index (χ4n) is 0.705. The number of carboxylic acids is 1. The quantitative estimate of drug-likeness (QED) is 0.767. The van der Waals surface area contributed by atoms with Gasteiger partial charge in [-0.25, -0.2) is 4.39 Å². The van der Waals surface area contributed by atoms with Crippen molar-refractivity contribution in [3.8, 4) is 0 Å². The van der Waals surface area contributed by atoms with Gasteiger partial charge in [-0.15, -0.1) is 0 Å². The van der Waals surface area contributed by atoms with E-state index < -0.39 is 11.8 Å². The normalized spacial score (nSPS) is 9.83. The van der Waals surface area contributed by atoms with Gasteiger partial charge in [-0.05, 0) is 6.07 Å². The summed E-state index contributed by atoms with van der Waals surface area (Å²) >= 11 is 5.33. The van der Waals surface area contributed by atoms with Crippen molar-refractivity contribution < 1.29 is 14.3 Å². The molecule has 0 aliphatic heterocycles. The molecule has 64 valence electrons. The molecule has 5 heteroatoms. The first-order valence-corrected chi connectivity index (χ1v) is 3.49. The molecule has 0 unspecified atom stereocenters. The fourth-order valence-corrected chi connectivity index (χ4v) is 0.809. The van der Waals surface area contributed by atoms with Crippen LogP contribution in [0.25, 0.3) is 0 Å². The van der Waals surface area contributed by atoms with Gasteiger partial charge in [0.15, 0.2) is 0 Å². The van der Waals surface area contributed by atoms with Crippen LogP contribution in [0.15, 0.2) is 12.3 Å². The molecule has 0 spiro atoms. The highest BCUT2D eigenvalue weighted by Crippen LogP contribution is 2.13. The zero-order valence-corrected chi connectivity index (χ0v) is 6.68. The van der Waals surface area contributed by atoms with Gasteiger partial charge in [-0.1, -0.05) is 11.6 Å². The number of pyridine rings is 1. The largest absolute Gasteiger partial charge is 0.481 e. The van der Waals surface area contributed by atoms with E-state index in [1.807, 2.05) is 0 Å². The fraction of sp³-hybridized carbons (Fsp3) is 0.143. The van der Waals surface area contributed by atoms with Crippen LogP contribution < -0.4 is 0 Å². The predicted octanol–water partition coefficient (Wildman–Crippen LogP) is 1.50. The first-order valence-electron chi connectivity index (χ1n) is 3.11. The Kier molecular flexibility index (Phi) is 2.60. The second-order valence-corrected chi connectivity index (χ2v) is 2.57. The van der Waals surface area contributed by atoms with Gasteiger partial charge in [-0.3, -0.25) is 9.78 Å². The molecule has 1 aromatic rings. The molecular weight excluding hydrogens is 185 g/mol. The molecule has 0 aliphatic rings. The highest BCUT2D eigenvalue weighted by Gasteiger charge is 2.05. The summed E-state index contributed by atoms with van der Waals surface area (Å²) in [5.74, 6) is -1.70. The Labute approximate surface area is 72.8 Å². The van der Waals surface area contributed by atoms with E-state index >= 15 is 0 Å². The maximum Gasteiger partial charge on any atom is 0.309 e. The number of carbonyl (C=O) groups is 1. The molecule has 0 fully saturated rings. The predicted molar refractivity (Wildman–Crippen MR) is 40.5 cm³/mol. The van der Waals surface area contributed by atoms with E-state index in [1.54, 1.807) is 0 Å². The SMILES string of the molecule is O=C(O)Cc1cc(F)c(Cl)cn1. The van der Waals surface area contributed by atoms with E-state index in [4.69, 9.17) is 16.7 Å². The zero-order chi connectivity index (χ0) is 9.14. The molecule has 1 rings (SSSR count). The molecule has 3 nitrogen and oxygen atoms in total. The lowest BCUT2D eigenvalue weighted by Gasteiger charge is -1.96. The standard InChI is InChI=1S/C7H5ClFNO2/c8-5-3-10-4(1-6(5)9)2-7(11)12/h1,3H,2H2,(H,11,12). The van der Waals surface area contributed by atoms with Gasteiger partial charge in [0, 0.05) is 6.20 Å². The van der Waals surface area contributed by atoms with Crippen LogP contribution in [-0.2, 0) is 11.2 Å². The van der Waals surface area contributed by atoms with E-state index in [2.05, 4.69) is 4.98 Å². The third-order valence-electron chi connectivity index (χ3n) is 1.20. The molecule has 0 radical (unpaired) electrons. The van der Waals surface area contributed by atoms with Crippen molar-refractivity contribution in [1.82, 2.24) is 4.98 Å². The lowest BCUT2D eigenvalue weighted by atomic mass is 10.3. The van der Waals surface area contributed by atoms with Gasteiger partial charge in [0.2, 0.25) is 0 Å². The number of aromatic nitrogens is 1. The van der Waals surface area contributed by atoms with E-state index in [-0.39, 0.29) is 17.1 Å². The molecule has 0 aliphatic carbocycles. The summed E-state index contributed by atoms with van der Waals surface area (Å²) in [5, 5.41) is 8.22. The molecular formula is C7H5ClFNO2. The summed E-state index contributed by atoms with van der Waals surface area (Å²) in [7, 11) is 0. The minimum Gasteiger partial charge on any atom is -0.481 e. The second kappa shape index (κ2) is 3.49. The minimum absolute atomic E-state index is 0.107. The third kappa shape index (κ3) is 2.17. The van der Waals surface area contributed by atoms with Gasteiger partial charge in [-0.2, -0.15) is 0 Å².